The molecule has 1 rings (SSSR count). The standard InChI is InChI=1S/C8H8BrN3OS/c1-14-8(12-5-10)11-4-6-2-3-7(9)13-6/h2-3H,4H2,1H3,(H,11,12). The van der Waals surface area contributed by atoms with Crippen LogP contribution in [0.5, 0.6) is 0 Å². The second kappa shape index (κ2) is 5.73. The molecular formula is C8H8BrN3OS. The van der Waals surface area contributed by atoms with Gasteiger partial charge >= 0.3 is 0 Å². The maximum atomic E-state index is 8.38. The van der Waals surface area contributed by atoms with E-state index in [1.165, 1.54) is 11.8 Å². The van der Waals surface area contributed by atoms with Gasteiger partial charge in [0.15, 0.2) is 16.0 Å². The summed E-state index contributed by atoms with van der Waals surface area (Å²) < 4.78 is 5.93. The third kappa shape index (κ3) is 3.44. The number of hydrogen-bond acceptors (Lipinski definition) is 4. The lowest BCUT2D eigenvalue weighted by molar-refractivity contribution is 0.491. The largest absolute Gasteiger partial charge is 0.452 e. The fraction of sp³-hybridized carbons (Fsp3) is 0.250. The number of rotatable bonds is 2. The molecule has 0 spiro atoms. The summed E-state index contributed by atoms with van der Waals surface area (Å²) in [5.41, 5.74) is 0. The van der Waals surface area contributed by atoms with Crippen molar-refractivity contribution in [1.29, 1.82) is 5.26 Å². The average molecular weight is 274 g/mol. The first-order valence-electron chi connectivity index (χ1n) is 3.74. The van der Waals surface area contributed by atoms with Gasteiger partial charge in [0, 0.05) is 0 Å². The molecule has 6 heteroatoms. The van der Waals surface area contributed by atoms with E-state index in [0.29, 0.717) is 16.4 Å². The zero-order chi connectivity index (χ0) is 10.4. The predicted octanol–water partition coefficient (Wildman–Crippen LogP) is 2.33. The van der Waals surface area contributed by atoms with Crippen molar-refractivity contribution < 1.29 is 4.42 Å². The van der Waals surface area contributed by atoms with Crippen LogP contribution in [0, 0.1) is 11.5 Å². The van der Waals surface area contributed by atoms with E-state index in [2.05, 4.69) is 26.2 Å². The molecular weight excluding hydrogens is 266 g/mol. The molecule has 1 aromatic heterocycles. The Bertz CT molecular complexity index is 369. The minimum absolute atomic E-state index is 0.427. The van der Waals surface area contributed by atoms with E-state index >= 15 is 0 Å². The second-order valence-corrected chi connectivity index (χ2v) is 3.84. The summed E-state index contributed by atoms with van der Waals surface area (Å²) in [5, 5.41) is 11.4. The molecule has 0 bridgehead atoms. The van der Waals surface area contributed by atoms with Gasteiger partial charge in [-0.25, -0.2) is 0 Å². The monoisotopic (exact) mass is 273 g/mol. The summed E-state index contributed by atoms with van der Waals surface area (Å²) >= 11 is 4.58. The van der Waals surface area contributed by atoms with E-state index in [-0.39, 0.29) is 0 Å². The average Bonchev–Trinajstić information content (AvgIpc) is 2.59. The van der Waals surface area contributed by atoms with Gasteiger partial charge in [-0.05, 0) is 34.3 Å². The fourth-order valence-corrected chi connectivity index (χ4v) is 1.47. The first-order valence-corrected chi connectivity index (χ1v) is 5.76. The summed E-state index contributed by atoms with van der Waals surface area (Å²) in [4.78, 5) is 4.15. The molecule has 0 atom stereocenters. The summed E-state index contributed by atoms with van der Waals surface area (Å²) in [6.45, 7) is 0.427. The van der Waals surface area contributed by atoms with Crippen LogP contribution in [0.3, 0.4) is 0 Å². The number of thioether (sulfide) groups is 1. The molecule has 1 heterocycles. The zero-order valence-corrected chi connectivity index (χ0v) is 9.85. The zero-order valence-electron chi connectivity index (χ0n) is 7.45. The number of nitrogens with zero attached hydrogens (tertiary/aromatic N) is 2. The van der Waals surface area contributed by atoms with Crippen molar-refractivity contribution in [1.82, 2.24) is 5.32 Å². The molecule has 0 aromatic carbocycles. The molecule has 14 heavy (non-hydrogen) atoms. The van der Waals surface area contributed by atoms with Crippen LogP contribution < -0.4 is 5.32 Å². The van der Waals surface area contributed by atoms with Crippen molar-refractivity contribution >= 4 is 32.9 Å². The van der Waals surface area contributed by atoms with Crippen molar-refractivity contribution in [2.24, 2.45) is 4.99 Å². The van der Waals surface area contributed by atoms with E-state index < -0.39 is 0 Å². The van der Waals surface area contributed by atoms with Crippen LogP contribution in [0.25, 0.3) is 0 Å². The second-order valence-electron chi connectivity index (χ2n) is 2.27. The van der Waals surface area contributed by atoms with Gasteiger partial charge in [0.25, 0.3) is 0 Å². The van der Waals surface area contributed by atoms with Crippen LogP contribution in [0.15, 0.2) is 26.2 Å². The molecule has 0 fully saturated rings. The Kier molecular flexibility index (Phi) is 4.56. The van der Waals surface area contributed by atoms with E-state index in [1.54, 1.807) is 6.07 Å². The van der Waals surface area contributed by atoms with E-state index in [1.807, 2.05) is 18.5 Å². The summed E-state index contributed by atoms with van der Waals surface area (Å²) in [6.07, 6.45) is 3.67. The molecule has 4 nitrogen and oxygen atoms in total. The number of aliphatic imine (C=N–C) groups is 1. The smallest absolute Gasteiger partial charge is 0.183 e. The third-order valence-corrected chi connectivity index (χ3v) is 2.41. The molecule has 0 aliphatic carbocycles. The normalized spacial score (nSPS) is 11.1. The van der Waals surface area contributed by atoms with Crippen LogP contribution >= 0.6 is 27.7 Å². The van der Waals surface area contributed by atoms with Crippen molar-refractivity contribution in [2.45, 2.75) is 6.54 Å². The van der Waals surface area contributed by atoms with Gasteiger partial charge < -0.3 is 4.42 Å². The number of amidine groups is 1. The number of nitriles is 1. The van der Waals surface area contributed by atoms with Gasteiger partial charge in [0.2, 0.25) is 0 Å². The van der Waals surface area contributed by atoms with Crippen LogP contribution in [0.4, 0.5) is 0 Å². The number of halogens is 1. The Labute approximate surface area is 94.5 Å². The summed E-state index contributed by atoms with van der Waals surface area (Å²) in [7, 11) is 0. The first kappa shape index (κ1) is 11.1. The summed E-state index contributed by atoms with van der Waals surface area (Å²) in [6, 6.07) is 3.64. The van der Waals surface area contributed by atoms with Gasteiger partial charge in [0.1, 0.15) is 5.76 Å². The lowest BCUT2D eigenvalue weighted by atomic mass is 10.5. The van der Waals surface area contributed by atoms with Crippen molar-refractivity contribution in [3.05, 3.63) is 22.6 Å². The topological polar surface area (TPSA) is 61.3 Å². The molecule has 0 amide bonds. The number of furan rings is 1. The Morgan fingerprint density at radius 2 is 2.57 bits per heavy atom. The van der Waals surface area contributed by atoms with Crippen LogP contribution in [-0.4, -0.2) is 11.4 Å². The fourth-order valence-electron chi connectivity index (χ4n) is 0.789. The quantitative estimate of drug-likeness (QED) is 0.389. The molecule has 0 aliphatic rings. The molecule has 1 N–H and O–H groups in total. The highest BCUT2D eigenvalue weighted by atomic mass is 79.9. The van der Waals surface area contributed by atoms with Gasteiger partial charge in [0.05, 0.1) is 6.54 Å². The SMILES string of the molecule is CSC(=NCc1ccc(Br)o1)NC#N. The van der Waals surface area contributed by atoms with E-state index in [0.717, 1.165) is 5.76 Å². The molecule has 1 aromatic rings. The van der Waals surface area contributed by atoms with E-state index in [9.17, 15) is 0 Å². The Morgan fingerprint density at radius 1 is 1.79 bits per heavy atom. The van der Waals surface area contributed by atoms with Crippen molar-refractivity contribution in [3.63, 3.8) is 0 Å². The lowest BCUT2D eigenvalue weighted by Crippen LogP contribution is -2.13. The first-order chi connectivity index (χ1) is 6.76. The molecule has 0 saturated heterocycles. The van der Waals surface area contributed by atoms with Gasteiger partial charge in [-0.1, -0.05) is 11.8 Å². The minimum atomic E-state index is 0.427. The van der Waals surface area contributed by atoms with Gasteiger partial charge in [-0.2, -0.15) is 5.26 Å². The van der Waals surface area contributed by atoms with Crippen LogP contribution in [0.2, 0.25) is 0 Å². The number of hydrogen-bond donors (Lipinski definition) is 1. The maximum absolute atomic E-state index is 8.38. The Morgan fingerprint density at radius 3 is 3.07 bits per heavy atom. The molecule has 0 unspecified atom stereocenters. The lowest BCUT2D eigenvalue weighted by Gasteiger charge is -1.97. The van der Waals surface area contributed by atoms with Crippen molar-refractivity contribution in [2.75, 3.05) is 6.26 Å². The molecule has 0 saturated carbocycles. The van der Waals surface area contributed by atoms with Crippen LogP contribution in [0.1, 0.15) is 5.76 Å². The Hall–Kier alpha value is -0.930. The van der Waals surface area contributed by atoms with E-state index in [4.69, 9.17) is 9.68 Å². The summed E-state index contributed by atoms with van der Waals surface area (Å²) in [5.74, 6) is 0.753. The Balaban J connectivity index is 2.57. The van der Waals surface area contributed by atoms with Gasteiger partial charge in [-0.3, -0.25) is 10.3 Å². The number of nitrogens with one attached hydrogen (secondary N) is 1. The van der Waals surface area contributed by atoms with Crippen molar-refractivity contribution in [3.8, 4) is 6.19 Å². The highest BCUT2D eigenvalue weighted by molar-refractivity contribution is 9.10. The molecule has 0 radical (unpaired) electrons. The predicted molar refractivity (Wildman–Crippen MR) is 59.8 cm³/mol. The maximum Gasteiger partial charge on any atom is 0.183 e. The molecule has 0 aliphatic heterocycles. The third-order valence-electron chi connectivity index (χ3n) is 1.36. The highest BCUT2D eigenvalue weighted by Gasteiger charge is 1.99. The molecule has 74 valence electrons. The minimum Gasteiger partial charge on any atom is -0.452 e. The van der Waals surface area contributed by atoms with Crippen LogP contribution in [-0.2, 0) is 6.54 Å². The van der Waals surface area contributed by atoms with Gasteiger partial charge in [-0.15, -0.1) is 0 Å². The highest BCUT2D eigenvalue weighted by Crippen LogP contribution is 2.14.